The smallest absolute Gasteiger partial charge is 0.379 e. The van der Waals surface area contributed by atoms with E-state index in [1.165, 1.54) is 6.07 Å². The molecule has 4 nitrogen and oxygen atoms in total. The average molecular weight is 301 g/mol. The standard InChI is InChI=1S/C14H18F3N3O/c1-13(4-6-19-7-5-13)20-11-3-2-9(14(15,16)17)8-10(11)12(18)21/h2-3,8,19-20H,4-7H2,1H3,(H2,18,21). The summed E-state index contributed by atoms with van der Waals surface area (Å²) in [5.41, 5.74) is 4.28. The number of primary amides is 1. The Labute approximate surface area is 120 Å². The van der Waals surface area contributed by atoms with Crippen LogP contribution in [0.25, 0.3) is 0 Å². The van der Waals surface area contributed by atoms with Crippen LogP contribution in [0.4, 0.5) is 18.9 Å². The fourth-order valence-corrected chi connectivity index (χ4v) is 2.46. The number of carbonyl (C=O) groups is 1. The van der Waals surface area contributed by atoms with E-state index in [0.29, 0.717) is 5.69 Å². The van der Waals surface area contributed by atoms with Gasteiger partial charge in [0.15, 0.2) is 0 Å². The molecule has 21 heavy (non-hydrogen) atoms. The topological polar surface area (TPSA) is 67.1 Å². The van der Waals surface area contributed by atoms with E-state index in [9.17, 15) is 18.0 Å². The molecule has 2 rings (SSSR count). The second-order valence-corrected chi connectivity index (χ2v) is 5.56. The lowest BCUT2D eigenvalue weighted by molar-refractivity contribution is -0.137. The van der Waals surface area contributed by atoms with Crippen molar-refractivity contribution in [2.45, 2.75) is 31.5 Å². The van der Waals surface area contributed by atoms with Crippen molar-refractivity contribution >= 4 is 11.6 Å². The zero-order valence-corrected chi connectivity index (χ0v) is 11.7. The summed E-state index contributed by atoms with van der Waals surface area (Å²) < 4.78 is 38.1. The number of halogens is 3. The number of hydrogen-bond donors (Lipinski definition) is 3. The van der Waals surface area contributed by atoms with Crippen LogP contribution in [0.5, 0.6) is 0 Å². The van der Waals surface area contributed by atoms with E-state index in [4.69, 9.17) is 5.73 Å². The fourth-order valence-electron chi connectivity index (χ4n) is 2.46. The summed E-state index contributed by atoms with van der Waals surface area (Å²) in [6.45, 7) is 3.61. The fraction of sp³-hybridized carbons (Fsp3) is 0.500. The maximum absolute atomic E-state index is 12.7. The van der Waals surface area contributed by atoms with Crippen molar-refractivity contribution in [3.05, 3.63) is 29.3 Å². The van der Waals surface area contributed by atoms with Crippen molar-refractivity contribution in [1.82, 2.24) is 5.32 Å². The summed E-state index contributed by atoms with van der Waals surface area (Å²) in [6, 6.07) is 3.03. The summed E-state index contributed by atoms with van der Waals surface area (Å²) in [4.78, 5) is 11.4. The monoisotopic (exact) mass is 301 g/mol. The molecule has 0 radical (unpaired) electrons. The van der Waals surface area contributed by atoms with Gasteiger partial charge in [0.1, 0.15) is 0 Å². The van der Waals surface area contributed by atoms with Crippen molar-refractivity contribution in [2.24, 2.45) is 5.73 Å². The Kier molecular flexibility index (Phi) is 4.13. The molecule has 1 aromatic carbocycles. The van der Waals surface area contributed by atoms with Crippen LogP contribution >= 0.6 is 0 Å². The Bertz CT molecular complexity index is 537. The highest BCUT2D eigenvalue weighted by Crippen LogP contribution is 2.33. The first kappa shape index (κ1) is 15.6. The van der Waals surface area contributed by atoms with Gasteiger partial charge in [-0.05, 0) is 51.1 Å². The molecule has 0 saturated carbocycles. The summed E-state index contributed by atoms with van der Waals surface area (Å²) in [7, 11) is 0. The van der Waals surface area contributed by atoms with Crippen LogP contribution in [0.3, 0.4) is 0 Å². The minimum Gasteiger partial charge on any atom is -0.379 e. The van der Waals surface area contributed by atoms with Crippen LogP contribution in [0.2, 0.25) is 0 Å². The van der Waals surface area contributed by atoms with Gasteiger partial charge in [-0.1, -0.05) is 0 Å². The molecule has 1 fully saturated rings. The SMILES string of the molecule is CC1(Nc2ccc(C(F)(F)F)cc2C(N)=O)CCNCC1. The number of nitrogens with two attached hydrogens (primary N) is 1. The van der Waals surface area contributed by atoms with E-state index in [1.54, 1.807) is 0 Å². The molecule has 1 aliphatic heterocycles. The van der Waals surface area contributed by atoms with Gasteiger partial charge in [0.2, 0.25) is 0 Å². The van der Waals surface area contributed by atoms with E-state index >= 15 is 0 Å². The lowest BCUT2D eigenvalue weighted by atomic mass is 9.89. The first-order chi connectivity index (χ1) is 9.71. The molecule has 1 heterocycles. The molecule has 1 aliphatic rings. The second-order valence-electron chi connectivity index (χ2n) is 5.56. The molecule has 116 valence electrons. The Balaban J connectivity index is 2.33. The minimum absolute atomic E-state index is 0.135. The number of hydrogen-bond acceptors (Lipinski definition) is 3. The first-order valence-corrected chi connectivity index (χ1v) is 6.71. The molecule has 0 aliphatic carbocycles. The Morgan fingerprint density at radius 2 is 1.95 bits per heavy atom. The summed E-state index contributed by atoms with van der Waals surface area (Å²) in [5, 5.41) is 6.39. The summed E-state index contributed by atoms with van der Waals surface area (Å²) >= 11 is 0. The van der Waals surface area contributed by atoms with E-state index < -0.39 is 17.6 Å². The Morgan fingerprint density at radius 1 is 1.33 bits per heavy atom. The second kappa shape index (κ2) is 5.55. The molecule has 0 bridgehead atoms. The average Bonchev–Trinajstić information content (AvgIpc) is 2.38. The van der Waals surface area contributed by atoms with Crippen LogP contribution in [-0.4, -0.2) is 24.5 Å². The van der Waals surface area contributed by atoms with E-state index in [1.807, 2.05) is 6.92 Å². The number of rotatable bonds is 3. The molecule has 0 atom stereocenters. The van der Waals surface area contributed by atoms with Gasteiger partial charge in [0.05, 0.1) is 11.1 Å². The van der Waals surface area contributed by atoms with Gasteiger partial charge >= 0.3 is 6.18 Å². The van der Waals surface area contributed by atoms with Crippen molar-refractivity contribution in [3.63, 3.8) is 0 Å². The van der Waals surface area contributed by atoms with Gasteiger partial charge in [0.25, 0.3) is 5.91 Å². The van der Waals surface area contributed by atoms with Crippen molar-refractivity contribution in [2.75, 3.05) is 18.4 Å². The van der Waals surface area contributed by atoms with Crippen molar-refractivity contribution in [3.8, 4) is 0 Å². The molecule has 7 heteroatoms. The van der Waals surface area contributed by atoms with Gasteiger partial charge in [-0.25, -0.2) is 0 Å². The predicted molar refractivity (Wildman–Crippen MR) is 74.1 cm³/mol. The van der Waals surface area contributed by atoms with Crippen LogP contribution < -0.4 is 16.4 Å². The highest BCUT2D eigenvalue weighted by atomic mass is 19.4. The van der Waals surface area contributed by atoms with Crippen molar-refractivity contribution in [1.29, 1.82) is 0 Å². The van der Waals surface area contributed by atoms with Crippen LogP contribution in [0.15, 0.2) is 18.2 Å². The number of nitrogens with one attached hydrogen (secondary N) is 2. The third-order valence-electron chi connectivity index (χ3n) is 3.76. The molecule has 0 spiro atoms. The van der Waals surface area contributed by atoms with E-state index in [0.717, 1.165) is 38.1 Å². The number of carbonyl (C=O) groups excluding carboxylic acids is 1. The molecule has 1 amide bonds. The Morgan fingerprint density at radius 3 is 2.48 bits per heavy atom. The highest BCUT2D eigenvalue weighted by molar-refractivity contribution is 5.98. The van der Waals surface area contributed by atoms with Gasteiger partial charge < -0.3 is 16.4 Å². The van der Waals surface area contributed by atoms with Crippen LogP contribution in [0.1, 0.15) is 35.7 Å². The third kappa shape index (κ3) is 3.66. The van der Waals surface area contributed by atoms with E-state index in [-0.39, 0.29) is 11.1 Å². The zero-order valence-electron chi connectivity index (χ0n) is 11.7. The lowest BCUT2D eigenvalue weighted by Crippen LogP contribution is -2.45. The van der Waals surface area contributed by atoms with Crippen molar-refractivity contribution < 1.29 is 18.0 Å². The maximum Gasteiger partial charge on any atom is 0.416 e. The molecular formula is C14H18F3N3O. The number of anilines is 1. The first-order valence-electron chi connectivity index (χ1n) is 6.71. The van der Waals surface area contributed by atoms with Gasteiger partial charge in [-0.15, -0.1) is 0 Å². The van der Waals surface area contributed by atoms with Crippen LogP contribution in [0, 0.1) is 0 Å². The van der Waals surface area contributed by atoms with Crippen LogP contribution in [-0.2, 0) is 6.18 Å². The molecule has 4 N–H and O–H groups in total. The molecular weight excluding hydrogens is 283 g/mol. The summed E-state index contributed by atoms with van der Waals surface area (Å²) in [5.74, 6) is -0.874. The van der Waals surface area contributed by atoms with Gasteiger partial charge in [-0.3, -0.25) is 4.79 Å². The molecule has 1 aromatic rings. The zero-order chi connectivity index (χ0) is 15.7. The summed E-state index contributed by atoms with van der Waals surface area (Å²) in [6.07, 6.45) is -2.88. The largest absolute Gasteiger partial charge is 0.416 e. The van der Waals surface area contributed by atoms with Gasteiger partial charge in [-0.2, -0.15) is 13.2 Å². The maximum atomic E-state index is 12.7. The normalized spacial score (nSPS) is 18.3. The lowest BCUT2D eigenvalue weighted by Gasteiger charge is -2.36. The molecule has 0 unspecified atom stereocenters. The highest BCUT2D eigenvalue weighted by Gasteiger charge is 2.33. The Hall–Kier alpha value is -1.76. The van der Waals surface area contributed by atoms with E-state index in [2.05, 4.69) is 10.6 Å². The third-order valence-corrected chi connectivity index (χ3v) is 3.76. The predicted octanol–water partition coefficient (Wildman–Crippen LogP) is 2.36. The number of amides is 1. The van der Waals surface area contributed by atoms with Gasteiger partial charge in [0, 0.05) is 11.2 Å². The molecule has 0 aromatic heterocycles. The number of piperidine rings is 1. The number of benzene rings is 1. The quantitative estimate of drug-likeness (QED) is 0.803. The minimum atomic E-state index is -4.50. The number of alkyl halides is 3. The molecule has 1 saturated heterocycles.